The van der Waals surface area contributed by atoms with Crippen molar-refractivity contribution in [2.75, 3.05) is 4.90 Å². The smallest absolute Gasteiger partial charge is 0.247 e. The van der Waals surface area contributed by atoms with Crippen molar-refractivity contribution in [1.82, 2.24) is 0 Å². The van der Waals surface area contributed by atoms with Crippen LogP contribution in [0.4, 0.5) is 5.69 Å². The lowest BCUT2D eigenvalue weighted by atomic mass is 9.88. The van der Waals surface area contributed by atoms with Gasteiger partial charge in [-0.1, -0.05) is 41.9 Å². The Morgan fingerprint density at radius 2 is 1.63 bits per heavy atom. The van der Waals surface area contributed by atoms with Gasteiger partial charge in [0.2, 0.25) is 5.91 Å². The molecule has 2 N–H and O–H groups in total. The van der Waals surface area contributed by atoms with Gasteiger partial charge in [-0.2, -0.15) is 0 Å². The monoisotopic (exact) mass is 272 g/mol. The predicted molar refractivity (Wildman–Crippen MR) is 76.1 cm³/mol. The summed E-state index contributed by atoms with van der Waals surface area (Å²) in [7, 11) is 0. The van der Waals surface area contributed by atoms with Crippen LogP contribution in [0.25, 0.3) is 0 Å². The molecule has 1 amide bonds. The van der Waals surface area contributed by atoms with Gasteiger partial charge in [-0.3, -0.25) is 4.79 Å². The van der Waals surface area contributed by atoms with Crippen molar-refractivity contribution >= 4 is 23.2 Å². The predicted octanol–water partition coefficient (Wildman–Crippen LogP) is 2.76. The van der Waals surface area contributed by atoms with Crippen LogP contribution < -0.4 is 10.6 Å². The molecule has 0 radical (unpaired) electrons. The second-order valence-electron chi connectivity index (χ2n) is 4.57. The van der Waals surface area contributed by atoms with Crippen LogP contribution in [0.5, 0.6) is 0 Å². The Hall–Kier alpha value is -1.84. The number of carbonyl (C=O) groups is 1. The topological polar surface area (TPSA) is 46.3 Å². The Kier molecular flexibility index (Phi) is 3.01. The molecule has 1 heterocycles. The molecule has 4 heteroatoms. The molecule has 0 aromatic heterocycles. The van der Waals surface area contributed by atoms with E-state index < -0.39 is 6.04 Å². The number of anilines is 1. The Labute approximate surface area is 116 Å². The molecule has 96 valence electrons. The number of halogens is 1. The molecule has 0 aliphatic carbocycles. The van der Waals surface area contributed by atoms with E-state index in [1.807, 2.05) is 42.5 Å². The van der Waals surface area contributed by atoms with Crippen molar-refractivity contribution in [2.45, 2.75) is 12.1 Å². The van der Waals surface area contributed by atoms with Gasteiger partial charge in [-0.25, -0.2) is 0 Å². The van der Waals surface area contributed by atoms with Crippen LogP contribution in [0.15, 0.2) is 54.6 Å². The molecule has 3 nitrogen and oxygen atoms in total. The van der Waals surface area contributed by atoms with Crippen LogP contribution in [-0.2, 0) is 4.79 Å². The van der Waals surface area contributed by atoms with Crippen LogP contribution in [-0.4, -0.2) is 11.9 Å². The van der Waals surface area contributed by atoms with Gasteiger partial charge in [0.1, 0.15) is 6.04 Å². The van der Waals surface area contributed by atoms with Crippen LogP contribution in [0, 0.1) is 0 Å². The summed E-state index contributed by atoms with van der Waals surface area (Å²) in [5.74, 6) is -0.0591. The molecule has 1 aliphatic heterocycles. The van der Waals surface area contributed by atoms with Gasteiger partial charge in [0, 0.05) is 10.7 Å². The minimum absolute atomic E-state index is 0.0591. The second kappa shape index (κ2) is 4.68. The molecule has 1 fully saturated rings. The highest BCUT2D eigenvalue weighted by molar-refractivity contribution is 6.30. The van der Waals surface area contributed by atoms with E-state index in [2.05, 4.69) is 0 Å². The fourth-order valence-electron chi connectivity index (χ4n) is 2.41. The zero-order valence-electron chi connectivity index (χ0n) is 10.2. The standard InChI is InChI=1S/C15H13ClN2O/c16-11-6-8-12(9-7-11)18-14(13(17)15(18)19)10-4-2-1-3-5-10/h1-9,13-14H,17H2/t13-,14-/m0/s1. The quantitative estimate of drug-likeness (QED) is 0.855. The zero-order chi connectivity index (χ0) is 13.4. The van der Waals surface area contributed by atoms with Crippen LogP contribution >= 0.6 is 11.6 Å². The summed E-state index contributed by atoms with van der Waals surface area (Å²) in [5, 5.41) is 0.650. The largest absolute Gasteiger partial charge is 0.318 e. The molecule has 2 atom stereocenters. The average Bonchev–Trinajstić information content (AvgIpc) is 2.46. The van der Waals surface area contributed by atoms with Gasteiger partial charge in [0.15, 0.2) is 0 Å². The number of amides is 1. The molecular weight excluding hydrogens is 260 g/mol. The minimum atomic E-state index is -0.474. The van der Waals surface area contributed by atoms with E-state index in [-0.39, 0.29) is 11.9 Å². The normalized spacial score (nSPS) is 22.2. The lowest BCUT2D eigenvalue weighted by Gasteiger charge is -2.45. The molecular formula is C15H13ClN2O. The van der Waals surface area contributed by atoms with Gasteiger partial charge < -0.3 is 10.6 Å². The maximum absolute atomic E-state index is 12.0. The van der Waals surface area contributed by atoms with E-state index in [1.165, 1.54) is 0 Å². The maximum atomic E-state index is 12.0. The Morgan fingerprint density at radius 1 is 1.00 bits per heavy atom. The summed E-state index contributed by atoms with van der Waals surface area (Å²) in [6.45, 7) is 0. The van der Waals surface area contributed by atoms with Crippen molar-refractivity contribution in [3.8, 4) is 0 Å². The molecule has 2 aromatic rings. The molecule has 2 aromatic carbocycles. The first kappa shape index (κ1) is 12.2. The molecule has 19 heavy (non-hydrogen) atoms. The first-order chi connectivity index (χ1) is 9.18. The molecule has 1 aliphatic rings. The fourth-order valence-corrected chi connectivity index (χ4v) is 2.53. The fraction of sp³-hybridized carbons (Fsp3) is 0.133. The van der Waals surface area contributed by atoms with Crippen LogP contribution in [0.2, 0.25) is 5.02 Å². The summed E-state index contributed by atoms with van der Waals surface area (Å²) in [6.07, 6.45) is 0. The third kappa shape index (κ3) is 2.01. The number of hydrogen-bond acceptors (Lipinski definition) is 2. The molecule has 0 spiro atoms. The molecule has 0 saturated carbocycles. The van der Waals surface area contributed by atoms with Crippen LogP contribution in [0.3, 0.4) is 0 Å². The summed E-state index contributed by atoms with van der Waals surface area (Å²) in [5.41, 5.74) is 7.81. The zero-order valence-corrected chi connectivity index (χ0v) is 10.9. The van der Waals surface area contributed by atoms with Gasteiger partial charge in [-0.05, 0) is 29.8 Å². The minimum Gasteiger partial charge on any atom is -0.318 e. The lowest BCUT2D eigenvalue weighted by molar-refractivity contribution is -0.126. The maximum Gasteiger partial charge on any atom is 0.247 e. The Bertz CT molecular complexity index is 597. The van der Waals surface area contributed by atoms with E-state index >= 15 is 0 Å². The van der Waals surface area contributed by atoms with Gasteiger partial charge >= 0.3 is 0 Å². The molecule has 3 rings (SSSR count). The number of hydrogen-bond donors (Lipinski definition) is 1. The Balaban J connectivity index is 1.96. The number of carbonyl (C=O) groups excluding carboxylic acids is 1. The van der Waals surface area contributed by atoms with Crippen molar-refractivity contribution in [3.05, 3.63) is 65.2 Å². The third-order valence-electron chi connectivity index (χ3n) is 3.39. The first-order valence-electron chi connectivity index (χ1n) is 6.07. The van der Waals surface area contributed by atoms with Gasteiger partial charge in [0.05, 0.1) is 6.04 Å². The third-order valence-corrected chi connectivity index (χ3v) is 3.64. The summed E-state index contributed by atoms with van der Waals surface area (Å²) >= 11 is 5.87. The van der Waals surface area contributed by atoms with Crippen LogP contribution in [0.1, 0.15) is 11.6 Å². The lowest BCUT2D eigenvalue weighted by Crippen LogP contribution is -2.63. The average molecular weight is 273 g/mol. The van der Waals surface area contributed by atoms with E-state index in [0.29, 0.717) is 5.02 Å². The second-order valence-corrected chi connectivity index (χ2v) is 5.00. The Morgan fingerprint density at radius 3 is 2.26 bits per heavy atom. The summed E-state index contributed by atoms with van der Waals surface area (Å²) in [4.78, 5) is 13.7. The number of nitrogens with zero attached hydrogens (tertiary/aromatic N) is 1. The molecule has 0 bridgehead atoms. The number of nitrogens with two attached hydrogens (primary N) is 1. The van der Waals surface area contributed by atoms with E-state index in [1.54, 1.807) is 17.0 Å². The van der Waals surface area contributed by atoms with E-state index in [0.717, 1.165) is 11.3 Å². The number of rotatable bonds is 2. The van der Waals surface area contributed by atoms with Gasteiger partial charge in [0.25, 0.3) is 0 Å². The van der Waals surface area contributed by atoms with E-state index in [9.17, 15) is 4.79 Å². The SMILES string of the molecule is N[C@@H]1C(=O)N(c2ccc(Cl)cc2)[C@H]1c1ccccc1. The highest BCUT2D eigenvalue weighted by Crippen LogP contribution is 2.38. The summed E-state index contributed by atoms with van der Waals surface area (Å²) in [6, 6.07) is 16.5. The number of benzene rings is 2. The highest BCUT2D eigenvalue weighted by atomic mass is 35.5. The molecule has 1 saturated heterocycles. The van der Waals surface area contributed by atoms with Crippen molar-refractivity contribution in [2.24, 2.45) is 5.73 Å². The van der Waals surface area contributed by atoms with Crippen molar-refractivity contribution < 1.29 is 4.79 Å². The highest BCUT2D eigenvalue weighted by Gasteiger charge is 2.46. The molecule has 0 unspecified atom stereocenters. The first-order valence-corrected chi connectivity index (χ1v) is 6.45. The van der Waals surface area contributed by atoms with E-state index in [4.69, 9.17) is 17.3 Å². The van der Waals surface area contributed by atoms with Crippen molar-refractivity contribution in [1.29, 1.82) is 0 Å². The number of β-lactam (4-membered cyclic amide) rings is 1. The summed E-state index contributed by atoms with van der Waals surface area (Å²) < 4.78 is 0. The van der Waals surface area contributed by atoms with Crippen molar-refractivity contribution in [3.63, 3.8) is 0 Å². The van der Waals surface area contributed by atoms with Gasteiger partial charge in [-0.15, -0.1) is 0 Å².